The molecular formula is C24H32N4S. The van der Waals surface area contributed by atoms with Gasteiger partial charge in [0.2, 0.25) is 0 Å². The molecule has 5 heteroatoms. The number of aryl methyl sites for hydroxylation is 4. The van der Waals surface area contributed by atoms with Crippen molar-refractivity contribution in [1.29, 1.82) is 0 Å². The van der Waals surface area contributed by atoms with Gasteiger partial charge in [0.15, 0.2) is 5.82 Å². The van der Waals surface area contributed by atoms with E-state index >= 15 is 0 Å². The van der Waals surface area contributed by atoms with Gasteiger partial charge < -0.3 is 9.47 Å². The monoisotopic (exact) mass is 408 g/mol. The van der Waals surface area contributed by atoms with Crippen molar-refractivity contribution in [3.05, 3.63) is 40.8 Å². The van der Waals surface area contributed by atoms with Gasteiger partial charge in [-0.25, -0.2) is 9.97 Å². The number of rotatable bonds is 7. The van der Waals surface area contributed by atoms with Gasteiger partial charge in [-0.3, -0.25) is 0 Å². The van der Waals surface area contributed by atoms with Gasteiger partial charge >= 0.3 is 0 Å². The first-order valence-corrected chi connectivity index (χ1v) is 11.4. The van der Waals surface area contributed by atoms with E-state index in [4.69, 9.17) is 9.97 Å². The maximum Gasteiger partial charge on any atom is 0.157 e. The number of hydrogen-bond donors (Lipinski definition) is 1. The number of thiol groups is 1. The Labute approximate surface area is 179 Å². The molecule has 2 heterocycles. The third kappa shape index (κ3) is 3.89. The van der Waals surface area contributed by atoms with Crippen LogP contribution in [0.1, 0.15) is 48.7 Å². The van der Waals surface area contributed by atoms with Crippen molar-refractivity contribution in [3.63, 3.8) is 0 Å². The fourth-order valence-corrected chi connectivity index (χ4v) is 4.71. The highest BCUT2D eigenvalue weighted by Gasteiger charge is 2.27. The molecule has 1 aliphatic carbocycles. The first-order chi connectivity index (χ1) is 13.9. The van der Waals surface area contributed by atoms with E-state index in [1.54, 1.807) is 0 Å². The second-order valence-electron chi connectivity index (χ2n) is 8.64. The first kappa shape index (κ1) is 20.3. The molecule has 2 aromatic heterocycles. The summed E-state index contributed by atoms with van der Waals surface area (Å²) in [6.45, 7) is 10.9. The molecule has 0 radical (unpaired) electrons. The van der Waals surface area contributed by atoms with E-state index in [1.165, 1.54) is 40.7 Å². The zero-order chi connectivity index (χ0) is 20.7. The summed E-state index contributed by atoms with van der Waals surface area (Å²) in [5.74, 6) is 3.24. The summed E-state index contributed by atoms with van der Waals surface area (Å²) in [6, 6.07) is 4.53. The lowest BCUT2D eigenvalue weighted by atomic mass is 9.95. The SMILES string of the molecule is CCCN(CC1CC1)c1nc(CS)nc2c(-c3c(C)cc(C)cc3C)cn(C)c12. The molecule has 0 amide bonds. The summed E-state index contributed by atoms with van der Waals surface area (Å²) in [5, 5.41) is 0. The van der Waals surface area contributed by atoms with Crippen LogP contribution in [0, 0.1) is 26.7 Å². The van der Waals surface area contributed by atoms with E-state index in [0.29, 0.717) is 5.75 Å². The Hall–Kier alpha value is -2.01. The van der Waals surface area contributed by atoms with Crippen LogP contribution in [0.2, 0.25) is 0 Å². The summed E-state index contributed by atoms with van der Waals surface area (Å²) in [6.07, 6.45) is 6.03. The average molecular weight is 409 g/mol. The molecule has 0 atom stereocenters. The summed E-state index contributed by atoms with van der Waals surface area (Å²) in [4.78, 5) is 12.4. The van der Waals surface area contributed by atoms with Crippen LogP contribution in [-0.4, -0.2) is 27.6 Å². The van der Waals surface area contributed by atoms with Gasteiger partial charge in [-0.05, 0) is 62.6 Å². The van der Waals surface area contributed by atoms with Crippen molar-refractivity contribution >= 4 is 29.5 Å². The Morgan fingerprint density at radius 1 is 1.14 bits per heavy atom. The zero-order valence-electron chi connectivity index (χ0n) is 18.3. The predicted octanol–water partition coefficient (Wildman–Crippen LogP) is 5.62. The van der Waals surface area contributed by atoms with Crippen LogP contribution < -0.4 is 4.90 Å². The van der Waals surface area contributed by atoms with Crippen LogP contribution in [0.5, 0.6) is 0 Å². The van der Waals surface area contributed by atoms with Crippen molar-refractivity contribution in [3.8, 4) is 11.1 Å². The number of benzene rings is 1. The summed E-state index contributed by atoms with van der Waals surface area (Å²) >= 11 is 4.52. The molecule has 0 N–H and O–H groups in total. The number of aromatic nitrogens is 3. The quantitative estimate of drug-likeness (QED) is 0.515. The maximum absolute atomic E-state index is 4.96. The highest BCUT2D eigenvalue weighted by atomic mass is 32.1. The van der Waals surface area contributed by atoms with E-state index in [1.807, 2.05) is 0 Å². The minimum absolute atomic E-state index is 0.548. The predicted molar refractivity (Wildman–Crippen MR) is 126 cm³/mol. The van der Waals surface area contributed by atoms with Crippen LogP contribution in [0.25, 0.3) is 22.2 Å². The number of nitrogens with zero attached hydrogens (tertiary/aromatic N) is 4. The van der Waals surface area contributed by atoms with Gasteiger partial charge in [-0.15, -0.1) is 0 Å². The van der Waals surface area contributed by atoms with E-state index in [0.717, 1.165) is 48.1 Å². The largest absolute Gasteiger partial charge is 0.354 e. The van der Waals surface area contributed by atoms with Crippen LogP contribution in [0.15, 0.2) is 18.3 Å². The number of anilines is 1. The van der Waals surface area contributed by atoms with Gasteiger partial charge in [0, 0.05) is 31.9 Å². The van der Waals surface area contributed by atoms with Crippen LogP contribution in [0.3, 0.4) is 0 Å². The lowest BCUT2D eigenvalue weighted by molar-refractivity contribution is 0.697. The van der Waals surface area contributed by atoms with E-state index in [9.17, 15) is 0 Å². The molecule has 1 saturated carbocycles. The van der Waals surface area contributed by atoms with Crippen molar-refractivity contribution in [2.45, 2.75) is 52.7 Å². The van der Waals surface area contributed by atoms with Gasteiger partial charge in [-0.1, -0.05) is 24.6 Å². The van der Waals surface area contributed by atoms with E-state index in [-0.39, 0.29) is 0 Å². The Kier molecular flexibility index (Phi) is 5.60. The molecule has 1 fully saturated rings. The van der Waals surface area contributed by atoms with Crippen LogP contribution in [0.4, 0.5) is 5.82 Å². The second kappa shape index (κ2) is 8.02. The highest BCUT2D eigenvalue weighted by molar-refractivity contribution is 7.79. The molecule has 3 aromatic rings. The molecule has 4 nitrogen and oxygen atoms in total. The Morgan fingerprint density at radius 2 is 1.83 bits per heavy atom. The fourth-order valence-electron chi connectivity index (χ4n) is 4.56. The fraction of sp³-hybridized carbons (Fsp3) is 0.500. The van der Waals surface area contributed by atoms with Crippen molar-refractivity contribution in [2.75, 3.05) is 18.0 Å². The van der Waals surface area contributed by atoms with E-state index in [2.05, 4.69) is 75.2 Å². The molecule has 0 bridgehead atoms. The summed E-state index contributed by atoms with van der Waals surface area (Å²) < 4.78 is 2.22. The minimum atomic E-state index is 0.548. The van der Waals surface area contributed by atoms with Crippen molar-refractivity contribution in [2.24, 2.45) is 13.0 Å². The van der Waals surface area contributed by atoms with Gasteiger partial charge in [-0.2, -0.15) is 12.6 Å². The number of fused-ring (bicyclic) bond motifs is 1. The van der Waals surface area contributed by atoms with Gasteiger partial charge in [0.05, 0.1) is 5.75 Å². The molecule has 0 unspecified atom stereocenters. The molecule has 4 rings (SSSR count). The Bertz CT molecular complexity index is 1030. The topological polar surface area (TPSA) is 34.0 Å². The zero-order valence-corrected chi connectivity index (χ0v) is 19.2. The number of hydrogen-bond acceptors (Lipinski definition) is 4. The third-order valence-electron chi connectivity index (χ3n) is 5.90. The first-order valence-electron chi connectivity index (χ1n) is 10.7. The minimum Gasteiger partial charge on any atom is -0.354 e. The Morgan fingerprint density at radius 3 is 2.41 bits per heavy atom. The highest BCUT2D eigenvalue weighted by Crippen LogP contribution is 2.38. The van der Waals surface area contributed by atoms with Crippen LogP contribution in [-0.2, 0) is 12.8 Å². The van der Waals surface area contributed by atoms with Crippen molar-refractivity contribution < 1.29 is 0 Å². The molecule has 0 spiro atoms. The molecule has 1 aliphatic rings. The van der Waals surface area contributed by atoms with Gasteiger partial charge in [0.1, 0.15) is 16.9 Å². The summed E-state index contributed by atoms with van der Waals surface area (Å²) in [5.41, 5.74) is 8.57. The standard InChI is InChI=1S/C24H32N4S/c1-6-9-28(12-18-7-8-18)24-23-22(25-20(14-29)26-24)19(13-27(23)5)21-16(3)10-15(2)11-17(21)4/h10-11,13,18,29H,6-9,12,14H2,1-5H3. The normalized spacial score (nSPS) is 14.0. The summed E-state index contributed by atoms with van der Waals surface area (Å²) in [7, 11) is 2.12. The molecule has 0 saturated heterocycles. The average Bonchev–Trinajstić information content (AvgIpc) is 3.43. The lowest BCUT2D eigenvalue weighted by Crippen LogP contribution is -2.28. The lowest BCUT2D eigenvalue weighted by Gasteiger charge is -2.24. The second-order valence-corrected chi connectivity index (χ2v) is 8.95. The third-order valence-corrected chi connectivity index (χ3v) is 6.18. The Balaban J connectivity index is 1.95. The molecule has 0 aliphatic heterocycles. The smallest absolute Gasteiger partial charge is 0.157 e. The maximum atomic E-state index is 4.96. The van der Waals surface area contributed by atoms with Crippen LogP contribution >= 0.6 is 12.6 Å². The molecule has 154 valence electrons. The molecule has 29 heavy (non-hydrogen) atoms. The molecule has 1 aromatic carbocycles. The van der Waals surface area contributed by atoms with Crippen molar-refractivity contribution in [1.82, 2.24) is 14.5 Å². The van der Waals surface area contributed by atoms with Gasteiger partial charge in [0.25, 0.3) is 0 Å². The van der Waals surface area contributed by atoms with E-state index < -0.39 is 0 Å². The molecular weight excluding hydrogens is 376 g/mol.